The Morgan fingerprint density at radius 2 is 1.80 bits per heavy atom. The summed E-state index contributed by atoms with van der Waals surface area (Å²) in [6.07, 6.45) is 0.362. The lowest BCUT2D eigenvalue weighted by Crippen LogP contribution is -2.43. The highest BCUT2D eigenvalue weighted by molar-refractivity contribution is 7.91. The van der Waals surface area contributed by atoms with Crippen LogP contribution in [0.3, 0.4) is 0 Å². The minimum Gasteiger partial charge on any atom is -0.351 e. The van der Waals surface area contributed by atoms with Crippen molar-refractivity contribution < 1.29 is 21.6 Å². The molecule has 1 saturated heterocycles. The van der Waals surface area contributed by atoms with Gasteiger partial charge in [-0.3, -0.25) is 4.79 Å². The Kier molecular flexibility index (Phi) is 5.60. The lowest BCUT2D eigenvalue weighted by molar-refractivity contribution is -0.121. The second kappa shape index (κ2) is 7.05. The molecule has 1 N–H and O–H groups in total. The normalized spacial score (nSPS) is 20.0. The van der Waals surface area contributed by atoms with Crippen LogP contribution in [0.2, 0.25) is 0 Å². The number of hydrogen-bond acceptors (Lipinski definition) is 5. The van der Waals surface area contributed by atoms with E-state index in [4.69, 9.17) is 0 Å². The van der Waals surface area contributed by atoms with E-state index in [0.29, 0.717) is 17.5 Å². The number of sulfone groups is 1. The van der Waals surface area contributed by atoms with Crippen LogP contribution < -0.4 is 5.32 Å². The quantitative estimate of drug-likeness (QED) is 0.793. The summed E-state index contributed by atoms with van der Waals surface area (Å²) in [7, 11) is -5.57. The number of carbonyl (C=O) groups excluding carboxylic acids is 1. The average Bonchev–Trinajstić information content (AvgIpc) is 2.75. The van der Waals surface area contributed by atoms with Gasteiger partial charge in [0, 0.05) is 13.1 Å². The third-order valence-corrected chi connectivity index (χ3v) is 8.11. The Balaban J connectivity index is 2.12. The zero-order chi connectivity index (χ0) is 19.0. The molecule has 140 valence electrons. The van der Waals surface area contributed by atoms with E-state index in [1.807, 2.05) is 6.92 Å². The molecule has 0 spiro atoms. The summed E-state index contributed by atoms with van der Waals surface area (Å²) in [5, 5.41) is 2.60. The second-order valence-electron chi connectivity index (χ2n) is 6.66. The third kappa shape index (κ3) is 4.59. The van der Waals surface area contributed by atoms with Crippen LogP contribution in [0.1, 0.15) is 23.1 Å². The Morgan fingerprint density at radius 3 is 2.28 bits per heavy atom. The van der Waals surface area contributed by atoms with Gasteiger partial charge in [0.2, 0.25) is 15.9 Å². The zero-order valence-electron chi connectivity index (χ0n) is 14.9. The predicted octanol–water partition coefficient (Wildman–Crippen LogP) is 0.536. The Hall–Kier alpha value is -1.45. The molecule has 2 rings (SSSR count). The number of nitrogens with zero attached hydrogens (tertiary/aromatic N) is 1. The van der Waals surface area contributed by atoms with E-state index < -0.39 is 31.8 Å². The Bertz CT molecular complexity index is 868. The molecule has 1 atom stereocenters. The first kappa shape index (κ1) is 19.9. The first-order valence-corrected chi connectivity index (χ1v) is 11.2. The van der Waals surface area contributed by atoms with Crippen molar-refractivity contribution in [3.63, 3.8) is 0 Å². The molecule has 0 aromatic heterocycles. The van der Waals surface area contributed by atoms with Gasteiger partial charge in [0.05, 0.1) is 22.9 Å². The molecule has 0 aliphatic carbocycles. The molecule has 0 unspecified atom stereocenters. The van der Waals surface area contributed by atoms with E-state index in [2.05, 4.69) is 5.32 Å². The van der Waals surface area contributed by atoms with Crippen molar-refractivity contribution in [2.75, 3.05) is 25.1 Å². The van der Waals surface area contributed by atoms with Gasteiger partial charge in [0.15, 0.2) is 9.84 Å². The van der Waals surface area contributed by atoms with Crippen LogP contribution in [0.5, 0.6) is 0 Å². The number of sulfonamides is 1. The lowest BCUT2D eigenvalue weighted by Gasteiger charge is -2.21. The number of hydrogen-bond donors (Lipinski definition) is 1. The van der Waals surface area contributed by atoms with Gasteiger partial charge in [-0.05, 0) is 38.3 Å². The minimum atomic E-state index is -3.81. The van der Waals surface area contributed by atoms with Crippen LogP contribution in [0, 0.1) is 20.8 Å². The van der Waals surface area contributed by atoms with Crippen molar-refractivity contribution in [3.05, 3.63) is 28.8 Å². The molecule has 9 heteroatoms. The summed E-state index contributed by atoms with van der Waals surface area (Å²) in [6, 6.07) is 3.13. The van der Waals surface area contributed by atoms with Gasteiger partial charge >= 0.3 is 0 Å². The highest BCUT2D eigenvalue weighted by Gasteiger charge is 2.31. The molecule has 25 heavy (non-hydrogen) atoms. The highest BCUT2D eigenvalue weighted by Crippen LogP contribution is 2.24. The van der Waals surface area contributed by atoms with E-state index in [0.717, 1.165) is 9.87 Å². The number of rotatable bonds is 5. The summed E-state index contributed by atoms with van der Waals surface area (Å²) in [4.78, 5) is 12.3. The van der Waals surface area contributed by atoms with E-state index >= 15 is 0 Å². The summed E-state index contributed by atoms with van der Waals surface area (Å²) in [5.74, 6) is -0.547. The summed E-state index contributed by atoms with van der Waals surface area (Å²) in [5.41, 5.74) is 2.23. The van der Waals surface area contributed by atoms with Crippen molar-refractivity contribution in [2.24, 2.45) is 0 Å². The van der Waals surface area contributed by atoms with Crippen molar-refractivity contribution in [2.45, 2.75) is 38.1 Å². The molecule has 1 amide bonds. The molecule has 0 saturated carbocycles. The van der Waals surface area contributed by atoms with Gasteiger partial charge in [-0.25, -0.2) is 16.8 Å². The smallest absolute Gasteiger partial charge is 0.243 e. The maximum atomic E-state index is 12.8. The van der Waals surface area contributed by atoms with Crippen LogP contribution in [0.4, 0.5) is 0 Å². The van der Waals surface area contributed by atoms with Gasteiger partial charge < -0.3 is 5.32 Å². The fourth-order valence-electron chi connectivity index (χ4n) is 3.20. The predicted molar refractivity (Wildman–Crippen MR) is 95.7 cm³/mol. The number of amides is 1. The Morgan fingerprint density at radius 1 is 1.24 bits per heavy atom. The van der Waals surface area contributed by atoms with E-state index in [9.17, 15) is 21.6 Å². The SMILES string of the molecule is Cc1cc(C)c(S(=O)(=O)N(C)CC(=O)N[C@H]2CCS(=O)(=O)C2)c(C)c1. The fourth-order valence-corrected chi connectivity index (χ4v) is 6.40. The van der Waals surface area contributed by atoms with Gasteiger partial charge in [0.1, 0.15) is 0 Å². The number of carbonyl (C=O) groups is 1. The van der Waals surface area contributed by atoms with Crippen LogP contribution in [-0.2, 0) is 24.7 Å². The lowest BCUT2D eigenvalue weighted by atomic mass is 10.1. The summed E-state index contributed by atoms with van der Waals surface area (Å²) >= 11 is 0. The molecule has 7 nitrogen and oxygen atoms in total. The summed E-state index contributed by atoms with van der Waals surface area (Å²) < 4.78 is 49.5. The van der Waals surface area contributed by atoms with Crippen molar-refractivity contribution in [1.82, 2.24) is 9.62 Å². The number of nitrogens with one attached hydrogen (secondary N) is 1. The first-order valence-electron chi connectivity index (χ1n) is 7.96. The van der Waals surface area contributed by atoms with Crippen LogP contribution in [-0.4, -0.2) is 58.2 Å². The van der Waals surface area contributed by atoms with E-state index in [-0.39, 0.29) is 22.9 Å². The van der Waals surface area contributed by atoms with Gasteiger partial charge in [-0.2, -0.15) is 4.31 Å². The monoisotopic (exact) mass is 388 g/mol. The molecule has 1 fully saturated rings. The maximum Gasteiger partial charge on any atom is 0.243 e. The largest absolute Gasteiger partial charge is 0.351 e. The third-order valence-electron chi connectivity index (χ3n) is 4.24. The number of likely N-dealkylation sites (N-methyl/N-ethyl adjacent to an activating group) is 1. The van der Waals surface area contributed by atoms with Gasteiger partial charge in [-0.15, -0.1) is 0 Å². The molecule has 1 aliphatic rings. The minimum absolute atomic E-state index is 0.0494. The Labute approximate surface area is 149 Å². The van der Waals surface area contributed by atoms with Crippen LogP contribution >= 0.6 is 0 Å². The van der Waals surface area contributed by atoms with Crippen LogP contribution in [0.25, 0.3) is 0 Å². The number of benzene rings is 1. The first-order chi connectivity index (χ1) is 11.4. The second-order valence-corrected chi connectivity index (χ2v) is 10.9. The standard InChI is InChI=1S/C16H24N2O5S2/c1-11-7-12(2)16(13(3)8-11)25(22,23)18(4)9-15(19)17-14-5-6-24(20,21)10-14/h7-8,14H,5-6,9-10H2,1-4H3,(H,17,19)/t14-/m0/s1. The highest BCUT2D eigenvalue weighted by atomic mass is 32.2. The van der Waals surface area contributed by atoms with Crippen LogP contribution in [0.15, 0.2) is 17.0 Å². The number of aryl methyl sites for hydroxylation is 3. The molecule has 0 bridgehead atoms. The van der Waals surface area contributed by atoms with Crippen molar-refractivity contribution in [1.29, 1.82) is 0 Å². The molecular weight excluding hydrogens is 364 g/mol. The van der Waals surface area contributed by atoms with Gasteiger partial charge in [-0.1, -0.05) is 17.7 Å². The van der Waals surface area contributed by atoms with Gasteiger partial charge in [0.25, 0.3) is 0 Å². The van der Waals surface area contributed by atoms with E-state index in [1.54, 1.807) is 26.0 Å². The molecule has 1 aromatic carbocycles. The molecule has 1 heterocycles. The van der Waals surface area contributed by atoms with Crippen molar-refractivity contribution >= 4 is 25.8 Å². The fraction of sp³-hybridized carbons (Fsp3) is 0.562. The maximum absolute atomic E-state index is 12.8. The zero-order valence-corrected chi connectivity index (χ0v) is 16.5. The molecular formula is C16H24N2O5S2. The average molecular weight is 389 g/mol. The topological polar surface area (TPSA) is 101 Å². The van der Waals surface area contributed by atoms with Crippen molar-refractivity contribution in [3.8, 4) is 0 Å². The van der Waals surface area contributed by atoms with E-state index in [1.165, 1.54) is 7.05 Å². The molecule has 0 radical (unpaired) electrons. The molecule has 1 aromatic rings. The molecule has 1 aliphatic heterocycles. The summed E-state index contributed by atoms with van der Waals surface area (Å²) in [6.45, 7) is 4.99.